The van der Waals surface area contributed by atoms with Gasteiger partial charge in [0, 0.05) is 25.3 Å². The van der Waals surface area contributed by atoms with Gasteiger partial charge in [0.2, 0.25) is 0 Å². The highest BCUT2D eigenvalue weighted by atomic mass is 15.1. The Hall–Kier alpha value is -1.02. The van der Waals surface area contributed by atoms with Crippen LogP contribution in [0.15, 0.2) is 24.3 Å². The van der Waals surface area contributed by atoms with E-state index in [1.807, 2.05) is 0 Å². The van der Waals surface area contributed by atoms with Crippen LogP contribution in [0.25, 0.3) is 0 Å². The lowest BCUT2D eigenvalue weighted by atomic mass is 10.1. The van der Waals surface area contributed by atoms with Crippen molar-refractivity contribution < 1.29 is 0 Å². The molecule has 0 bridgehead atoms. The average molecular weight is 234 g/mol. The molecule has 0 radical (unpaired) electrons. The van der Waals surface area contributed by atoms with Gasteiger partial charge >= 0.3 is 0 Å². The molecule has 1 unspecified atom stereocenters. The summed E-state index contributed by atoms with van der Waals surface area (Å²) in [4.78, 5) is 2.37. The largest absolute Gasteiger partial charge is 0.374 e. The lowest BCUT2D eigenvalue weighted by Gasteiger charge is -2.25. The van der Waals surface area contributed by atoms with Gasteiger partial charge in [-0.15, -0.1) is 0 Å². The van der Waals surface area contributed by atoms with Crippen LogP contribution in [0.1, 0.15) is 45.2 Å². The van der Waals surface area contributed by atoms with Crippen LogP contribution in [0.3, 0.4) is 0 Å². The second kappa shape index (κ2) is 7.33. The van der Waals surface area contributed by atoms with Crippen LogP contribution in [0.2, 0.25) is 0 Å². The molecule has 1 rings (SSSR count). The average Bonchev–Trinajstić information content (AvgIpc) is 2.36. The van der Waals surface area contributed by atoms with Crippen molar-refractivity contribution in [1.29, 1.82) is 0 Å². The second-order valence-electron chi connectivity index (χ2n) is 4.61. The molecule has 0 amide bonds. The van der Waals surface area contributed by atoms with Gasteiger partial charge in [-0.05, 0) is 31.5 Å². The summed E-state index contributed by atoms with van der Waals surface area (Å²) in [7, 11) is 2.19. The van der Waals surface area contributed by atoms with Crippen molar-refractivity contribution in [2.75, 3.05) is 25.0 Å². The summed E-state index contributed by atoms with van der Waals surface area (Å²) in [6.07, 6.45) is 2.50. The van der Waals surface area contributed by atoms with Crippen LogP contribution < -0.4 is 10.2 Å². The molecule has 0 saturated carbocycles. The maximum Gasteiger partial charge on any atom is 0.0412 e. The van der Waals surface area contributed by atoms with Gasteiger partial charge in [0.05, 0.1) is 0 Å². The quantitative estimate of drug-likeness (QED) is 0.775. The number of unbranched alkanes of at least 4 members (excludes halogenated alkanes) is 1. The molecule has 1 atom stereocenters. The fourth-order valence-corrected chi connectivity index (χ4v) is 2.13. The summed E-state index contributed by atoms with van der Waals surface area (Å²) in [5.74, 6) is 0. The molecule has 1 aromatic carbocycles. The van der Waals surface area contributed by atoms with Gasteiger partial charge in [0.25, 0.3) is 0 Å². The molecule has 96 valence electrons. The van der Waals surface area contributed by atoms with Crippen molar-refractivity contribution in [3.05, 3.63) is 29.8 Å². The molecule has 1 N–H and O–H groups in total. The maximum absolute atomic E-state index is 3.49. The van der Waals surface area contributed by atoms with Crippen molar-refractivity contribution >= 4 is 5.69 Å². The van der Waals surface area contributed by atoms with Crippen molar-refractivity contribution in [3.63, 3.8) is 0 Å². The lowest BCUT2D eigenvalue weighted by molar-refractivity contribution is 0.596. The molecule has 0 aliphatic heterocycles. The van der Waals surface area contributed by atoms with Gasteiger partial charge in [0.15, 0.2) is 0 Å². The maximum atomic E-state index is 3.49. The van der Waals surface area contributed by atoms with Crippen molar-refractivity contribution in [1.82, 2.24) is 5.32 Å². The molecular weight excluding hydrogens is 208 g/mol. The summed E-state index contributed by atoms with van der Waals surface area (Å²) < 4.78 is 0. The minimum atomic E-state index is 0.417. The predicted octanol–water partition coefficient (Wildman–Crippen LogP) is 3.59. The molecule has 17 heavy (non-hydrogen) atoms. The van der Waals surface area contributed by atoms with E-state index >= 15 is 0 Å². The van der Waals surface area contributed by atoms with Crippen molar-refractivity contribution in [2.24, 2.45) is 0 Å². The van der Waals surface area contributed by atoms with Gasteiger partial charge in [-0.1, -0.05) is 38.5 Å². The lowest BCUT2D eigenvalue weighted by Crippen LogP contribution is -2.24. The van der Waals surface area contributed by atoms with Gasteiger partial charge in [-0.3, -0.25) is 0 Å². The first-order chi connectivity index (χ1) is 8.20. The number of nitrogens with zero attached hydrogens (tertiary/aromatic N) is 1. The molecular formula is C15H26N2. The number of para-hydroxylation sites is 1. The standard InChI is InChI=1S/C15H26N2/c1-5-7-12-17(4)15-11-9-8-10-14(15)13(3)16-6-2/h8-11,13,16H,5-7,12H2,1-4H3. The molecule has 1 aromatic rings. The molecule has 0 fully saturated rings. The summed E-state index contributed by atoms with van der Waals surface area (Å²) in [5.41, 5.74) is 2.75. The fraction of sp³-hybridized carbons (Fsp3) is 0.600. The highest BCUT2D eigenvalue weighted by Crippen LogP contribution is 2.25. The fourth-order valence-electron chi connectivity index (χ4n) is 2.13. The van der Waals surface area contributed by atoms with E-state index in [0.717, 1.165) is 13.1 Å². The molecule has 0 aromatic heterocycles. The predicted molar refractivity (Wildman–Crippen MR) is 76.7 cm³/mol. The third-order valence-electron chi connectivity index (χ3n) is 3.17. The molecule has 0 aliphatic rings. The van der Waals surface area contributed by atoms with Crippen LogP contribution in [0.5, 0.6) is 0 Å². The van der Waals surface area contributed by atoms with Gasteiger partial charge in [-0.2, -0.15) is 0 Å². The smallest absolute Gasteiger partial charge is 0.0412 e. The Morgan fingerprint density at radius 3 is 2.59 bits per heavy atom. The molecule has 0 heterocycles. The van der Waals surface area contributed by atoms with E-state index in [1.54, 1.807) is 0 Å². The number of benzene rings is 1. The zero-order valence-electron chi connectivity index (χ0n) is 11.7. The number of anilines is 1. The van der Waals surface area contributed by atoms with E-state index in [9.17, 15) is 0 Å². The molecule has 0 aliphatic carbocycles. The van der Waals surface area contributed by atoms with Crippen molar-refractivity contribution in [3.8, 4) is 0 Å². The first kappa shape index (κ1) is 14.0. The number of hydrogen-bond donors (Lipinski definition) is 1. The normalized spacial score (nSPS) is 12.5. The summed E-state index contributed by atoms with van der Waals surface area (Å²) in [5, 5.41) is 3.49. The first-order valence-electron chi connectivity index (χ1n) is 6.74. The molecule has 2 nitrogen and oxygen atoms in total. The van der Waals surface area contributed by atoms with Crippen LogP contribution >= 0.6 is 0 Å². The zero-order valence-corrected chi connectivity index (χ0v) is 11.7. The molecule has 2 heteroatoms. The van der Waals surface area contributed by atoms with E-state index in [0.29, 0.717) is 6.04 Å². The zero-order chi connectivity index (χ0) is 12.7. The van der Waals surface area contributed by atoms with E-state index in [2.05, 4.69) is 62.3 Å². The van der Waals surface area contributed by atoms with Gasteiger partial charge < -0.3 is 10.2 Å². The first-order valence-corrected chi connectivity index (χ1v) is 6.74. The van der Waals surface area contributed by atoms with Crippen molar-refractivity contribution in [2.45, 2.75) is 39.7 Å². The number of hydrogen-bond acceptors (Lipinski definition) is 2. The number of rotatable bonds is 7. The minimum Gasteiger partial charge on any atom is -0.374 e. The highest BCUT2D eigenvalue weighted by Gasteiger charge is 2.11. The summed E-state index contributed by atoms with van der Waals surface area (Å²) >= 11 is 0. The topological polar surface area (TPSA) is 15.3 Å². The van der Waals surface area contributed by atoms with Crippen LogP contribution in [0.4, 0.5) is 5.69 Å². The second-order valence-corrected chi connectivity index (χ2v) is 4.61. The number of nitrogens with one attached hydrogen (secondary N) is 1. The Kier molecular flexibility index (Phi) is 6.06. The Bertz CT molecular complexity index is 322. The van der Waals surface area contributed by atoms with Gasteiger partial charge in [-0.25, -0.2) is 0 Å². The SMILES string of the molecule is CCCCN(C)c1ccccc1C(C)NCC. The molecule has 0 spiro atoms. The Morgan fingerprint density at radius 1 is 1.24 bits per heavy atom. The van der Waals surface area contributed by atoms with Crippen LogP contribution in [-0.2, 0) is 0 Å². The molecule has 0 saturated heterocycles. The Labute approximate surface area is 106 Å². The Morgan fingerprint density at radius 2 is 1.94 bits per heavy atom. The van der Waals surface area contributed by atoms with E-state index in [-0.39, 0.29) is 0 Å². The summed E-state index contributed by atoms with van der Waals surface area (Å²) in [6.45, 7) is 8.76. The van der Waals surface area contributed by atoms with E-state index in [4.69, 9.17) is 0 Å². The summed E-state index contributed by atoms with van der Waals surface area (Å²) in [6, 6.07) is 9.12. The van der Waals surface area contributed by atoms with Gasteiger partial charge in [0.1, 0.15) is 0 Å². The third-order valence-corrected chi connectivity index (χ3v) is 3.17. The monoisotopic (exact) mass is 234 g/mol. The highest BCUT2D eigenvalue weighted by molar-refractivity contribution is 5.54. The third kappa shape index (κ3) is 4.04. The minimum absolute atomic E-state index is 0.417. The van der Waals surface area contributed by atoms with E-state index in [1.165, 1.54) is 24.1 Å². The van der Waals surface area contributed by atoms with Crippen LogP contribution in [0, 0.1) is 0 Å². The Balaban J connectivity index is 2.83. The van der Waals surface area contributed by atoms with Crippen LogP contribution in [-0.4, -0.2) is 20.1 Å². The van der Waals surface area contributed by atoms with E-state index < -0.39 is 0 Å².